The molecule has 0 radical (unpaired) electrons. The van der Waals surface area contributed by atoms with Crippen LogP contribution in [0, 0.1) is 0 Å². The van der Waals surface area contributed by atoms with Gasteiger partial charge in [0.1, 0.15) is 0 Å². The van der Waals surface area contributed by atoms with Crippen LogP contribution in [0.3, 0.4) is 0 Å². The lowest BCUT2D eigenvalue weighted by Crippen LogP contribution is -2.22. The van der Waals surface area contributed by atoms with Gasteiger partial charge in [-0.1, -0.05) is 30.3 Å². The number of nitrogens with zero attached hydrogens (tertiary/aromatic N) is 3. The van der Waals surface area contributed by atoms with Crippen LogP contribution in [-0.4, -0.2) is 27.6 Å². The van der Waals surface area contributed by atoms with Crippen molar-refractivity contribution >= 4 is 11.6 Å². The van der Waals surface area contributed by atoms with E-state index in [2.05, 4.69) is 40.7 Å². The molecule has 3 rings (SSSR count). The lowest BCUT2D eigenvalue weighted by Gasteiger charge is -2.16. The van der Waals surface area contributed by atoms with E-state index >= 15 is 0 Å². The Kier molecular flexibility index (Phi) is 5.37. The average molecular weight is 348 g/mol. The van der Waals surface area contributed by atoms with Crippen molar-refractivity contribution in [1.82, 2.24) is 14.7 Å². The number of benzene rings is 2. The fourth-order valence-electron chi connectivity index (χ4n) is 2.80. The molecule has 0 atom stereocenters. The first-order chi connectivity index (χ1) is 12.5. The van der Waals surface area contributed by atoms with Crippen LogP contribution in [0.25, 0.3) is 11.1 Å². The highest BCUT2D eigenvalue weighted by molar-refractivity contribution is 5.72. The number of aryl methyl sites for hydroxylation is 1. The van der Waals surface area contributed by atoms with Crippen LogP contribution >= 0.6 is 0 Å². The number of anilines is 1. The molecule has 1 aromatic heterocycles. The van der Waals surface area contributed by atoms with Gasteiger partial charge in [-0.25, -0.2) is 0 Å². The van der Waals surface area contributed by atoms with E-state index in [9.17, 15) is 4.79 Å². The number of hydrogen-bond donors (Lipinski definition) is 1. The lowest BCUT2D eigenvalue weighted by atomic mass is 10.1. The molecule has 5 nitrogen and oxygen atoms in total. The highest BCUT2D eigenvalue weighted by Crippen LogP contribution is 2.20. The second kappa shape index (κ2) is 7.87. The van der Waals surface area contributed by atoms with E-state index < -0.39 is 0 Å². The van der Waals surface area contributed by atoms with E-state index in [0.29, 0.717) is 6.54 Å². The Morgan fingerprint density at radius 1 is 1.12 bits per heavy atom. The summed E-state index contributed by atoms with van der Waals surface area (Å²) in [6.45, 7) is 2.93. The van der Waals surface area contributed by atoms with Gasteiger partial charge in [0.05, 0.1) is 6.20 Å². The molecule has 0 aliphatic heterocycles. The second-order valence-corrected chi connectivity index (χ2v) is 6.53. The summed E-state index contributed by atoms with van der Waals surface area (Å²) in [6, 6.07) is 16.6. The third-order valence-corrected chi connectivity index (χ3v) is 4.35. The van der Waals surface area contributed by atoms with E-state index in [-0.39, 0.29) is 5.91 Å². The Hall–Kier alpha value is -3.08. The predicted molar refractivity (Wildman–Crippen MR) is 105 cm³/mol. The van der Waals surface area contributed by atoms with Gasteiger partial charge in [-0.15, -0.1) is 0 Å². The first-order valence-corrected chi connectivity index (χ1v) is 8.64. The zero-order valence-electron chi connectivity index (χ0n) is 15.4. The first-order valence-electron chi connectivity index (χ1n) is 8.64. The molecule has 1 N–H and O–H groups in total. The zero-order valence-corrected chi connectivity index (χ0v) is 15.4. The lowest BCUT2D eigenvalue weighted by molar-refractivity contribution is -0.128. The molecule has 0 saturated carbocycles. The molecule has 0 aliphatic rings. The van der Waals surface area contributed by atoms with E-state index in [1.54, 1.807) is 11.8 Å². The molecule has 0 bridgehead atoms. The normalized spacial score (nSPS) is 10.6. The van der Waals surface area contributed by atoms with Crippen LogP contribution in [0.4, 0.5) is 5.69 Å². The average Bonchev–Trinajstić information content (AvgIpc) is 3.07. The summed E-state index contributed by atoms with van der Waals surface area (Å²) < 4.78 is 1.81. The van der Waals surface area contributed by atoms with Crippen LogP contribution in [0.15, 0.2) is 60.9 Å². The molecule has 26 heavy (non-hydrogen) atoms. The molecule has 2 aromatic carbocycles. The van der Waals surface area contributed by atoms with Crippen LogP contribution in [0.2, 0.25) is 0 Å². The van der Waals surface area contributed by atoms with Crippen molar-refractivity contribution in [3.8, 4) is 11.1 Å². The third-order valence-electron chi connectivity index (χ3n) is 4.35. The SMILES string of the molecule is CC(=O)N(C)Cc1cccc(NCc2cccc(-c3cnn(C)c3)c2)c1. The molecule has 3 aromatic rings. The number of amides is 1. The molecule has 134 valence electrons. The van der Waals surface area contributed by atoms with Crippen molar-refractivity contribution < 1.29 is 4.79 Å². The summed E-state index contributed by atoms with van der Waals surface area (Å²) in [5, 5.41) is 7.70. The minimum Gasteiger partial charge on any atom is -0.381 e. The number of nitrogens with one attached hydrogen (secondary N) is 1. The van der Waals surface area contributed by atoms with Gasteiger partial charge in [-0.05, 0) is 34.9 Å². The number of carbonyl (C=O) groups is 1. The van der Waals surface area contributed by atoms with Crippen molar-refractivity contribution in [1.29, 1.82) is 0 Å². The van der Waals surface area contributed by atoms with Crippen molar-refractivity contribution in [3.05, 3.63) is 72.1 Å². The van der Waals surface area contributed by atoms with Crippen molar-refractivity contribution in [2.75, 3.05) is 12.4 Å². The van der Waals surface area contributed by atoms with Gasteiger partial charge in [0, 0.05) is 51.6 Å². The Bertz CT molecular complexity index is 900. The first kappa shape index (κ1) is 17.7. The number of rotatable bonds is 6. The Morgan fingerprint density at radius 2 is 1.88 bits per heavy atom. The quantitative estimate of drug-likeness (QED) is 0.739. The molecular formula is C21H24N4O. The highest BCUT2D eigenvalue weighted by atomic mass is 16.2. The third kappa shape index (κ3) is 4.51. The van der Waals surface area contributed by atoms with Gasteiger partial charge >= 0.3 is 0 Å². The molecule has 0 unspecified atom stereocenters. The van der Waals surface area contributed by atoms with Crippen molar-refractivity contribution in [2.45, 2.75) is 20.0 Å². The van der Waals surface area contributed by atoms with Gasteiger partial charge in [0.15, 0.2) is 0 Å². The second-order valence-electron chi connectivity index (χ2n) is 6.53. The monoisotopic (exact) mass is 348 g/mol. The summed E-state index contributed by atoms with van der Waals surface area (Å²) in [5.74, 6) is 0.0654. The highest BCUT2D eigenvalue weighted by Gasteiger charge is 2.05. The summed E-state index contributed by atoms with van der Waals surface area (Å²) in [4.78, 5) is 13.1. The molecule has 0 aliphatic carbocycles. The van der Waals surface area contributed by atoms with Crippen molar-refractivity contribution in [3.63, 3.8) is 0 Å². The summed E-state index contributed by atoms with van der Waals surface area (Å²) in [5.41, 5.74) is 5.64. The maximum atomic E-state index is 11.4. The molecule has 0 saturated heterocycles. The van der Waals surface area contributed by atoms with E-state index in [4.69, 9.17) is 0 Å². The Balaban J connectivity index is 1.67. The molecule has 1 heterocycles. The van der Waals surface area contributed by atoms with Crippen molar-refractivity contribution in [2.24, 2.45) is 7.05 Å². The Morgan fingerprint density at radius 3 is 2.62 bits per heavy atom. The molecule has 0 spiro atoms. The van der Waals surface area contributed by atoms with E-state index in [1.807, 2.05) is 49.4 Å². The fourth-order valence-corrected chi connectivity index (χ4v) is 2.80. The van der Waals surface area contributed by atoms with Crippen LogP contribution in [0.5, 0.6) is 0 Å². The van der Waals surface area contributed by atoms with Gasteiger partial charge in [0.25, 0.3) is 0 Å². The van der Waals surface area contributed by atoms with Crippen LogP contribution in [0.1, 0.15) is 18.1 Å². The van der Waals surface area contributed by atoms with Gasteiger partial charge in [-0.2, -0.15) is 5.10 Å². The molecule has 5 heteroatoms. The van der Waals surface area contributed by atoms with Crippen LogP contribution < -0.4 is 5.32 Å². The maximum absolute atomic E-state index is 11.4. The smallest absolute Gasteiger partial charge is 0.219 e. The largest absolute Gasteiger partial charge is 0.381 e. The molecule has 1 amide bonds. The minimum absolute atomic E-state index is 0.0654. The number of aromatic nitrogens is 2. The van der Waals surface area contributed by atoms with Crippen LogP contribution in [-0.2, 0) is 24.9 Å². The van der Waals surface area contributed by atoms with Gasteiger partial charge in [-0.3, -0.25) is 9.48 Å². The topological polar surface area (TPSA) is 50.2 Å². The Labute approximate surface area is 154 Å². The molecule has 0 fully saturated rings. The van der Waals surface area contributed by atoms with E-state index in [0.717, 1.165) is 28.9 Å². The summed E-state index contributed by atoms with van der Waals surface area (Å²) in [7, 11) is 3.73. The zero-order chi connectivity index (χ0) is 18.5. The predicted octanol–water partition coefficient (Wildman–Crippen LogP) is 3.68. The maximum Gasteiger partial charge on any atom is 0.219 e. The fraction of sp³-hybridized carbons (Fsp3) is 0.238. The van der Waals surface area contributed by atoms with Gasteiger partial charge < -0.3 is 10.2 Å². The minimum atomic E-state index is 0.0654. The standard InChI is InChI=1S/C21H24N4O/c1-16(26)24(2)14-18-7-5-9-21(11-18)22-12-17-6-4-8-19(10-17)20-13-23-25(3)15-20/h4-11,13,15,22H,12,14H2,1-3H3. The van der Waals surface area contributed by atoms with Gasteiger partial charge in [0.2, 0.25) is 5.91 Å². The number of carbonyl (C=O) groups excluding carboxylic acids is 1. The number of hydrogen-bond acceptors (Lipinski definition) is 3. The summed E-state index contributed by atoms with van der Waals surface area (Å²) in [6.07, 6.45) is 3.89. The summed E-state index contributed by atoms with van der Waals surface area (Å²) >= 11 is 0. The molecular weight excluding hydrogens is 324 g/mol. The van der Waals surface area contributed by atoms with E-state index in [1.165, 1.54) is 5.56 Å².